The molecule has 8 aromatic heterocycles. The van der Waals surface area contributed by atoms with Crippen LogP contribution in [0.1, 0.15) is 0 Å². The van der Waals surface area contributed by atoms with Gasteiger partial charge in [-0.05, 0) is 84.9 Å². The van der Waals surface area contributed by atoms with Crippen molar-refractivity contribution >= 4 is 43.1 Å². The zero-order valence-electron chi connectivity index (χ0n) is 37.3. The van der Waals surface area contributed by atoms with Crippen LogP contribution in [-0.4, -0.2) is 37.4 Å². The normalized spacial score (nSPS) is 12.0. The number of halogens is 10. The van der Waals surface area contributed by atoms with Crippen LogP contribution in [0, 0.1) is 58.2 Å². The first-order valence-electron chi connectivity index (χ1n) is 21.1. The van der Waals surface area contributed by atoms with E-state index in [1.807, 2.05) is 107 Å². The van der Waals surface area contributed by atoms with Crippen LogP contribution in [0.2, 0.25) is 0 Å². The minimum Gasteiger partial charge on any atom is -0.342 e. The van der Waals surface area contributed by atoms with E-state index < -0.39 is 69.3 Å². The largest absolute Gasteiger partial charge is 0.342 e. The molecule has 8 heterocycles. The number of rotatable bonds is 8. The molecule has 0 N–H and O–H groups in total. The Kier molecular flexibility index (Phi) is 10.3. The summed E-state index contributed by atoms with van der Waals surface area (Å²) in [5.74, 6) is -20.2. The fourth-order valence-electron chi connectivity index (χ4n) is 9.28. The minimum absolute atomic E-state index is 0.182. The average Bonchev–Trinajstić information content (AvgIpc) is 4.23. The smallest absolute Gasteiger partial charge is 0.200 e. The highest BCUT2D eigenvalue weighted by atomic mass is 32.1. The predicted molar refractivity (Wildman–Crippen MR) is 250 cm³/mol. The van der Waals surface area contributed by atoms with Crippen LogP contribution in [0.25, 0.3) is 110 Å². The minimum atomic E-state index is -2.22. The third-order valence-electron chi connectivity index (χ3n) is 13.0. The maximum atomic E-state index is 14.8. The second kappa shape index (κ2) is 16.0. The van der Waals surface area contributed by atoms with E-state index in [-0.39, 0.29) is 11.4 Å². The van der Waals surface area contributed by atoms with E-state index in [9.17, 15) is 43.9 Å². The van der Waals surface area contributed by atoms with Crippen LogP contribution in [0.4, 0.5) is 43.9 Å². The second-order valence-corrected chi connectivity index (χ2v) is 18.8. The Morgan fingerprint density at radius 2 is 0.486 bits per heavy atom. The number of hydrogen-bond acceptors (Lipinski definition) is 4. The van der Waals surface area contributed by atoms with Crippen molar-refractivity contribution in [2.75, 3.05) is 0 Å². The molecule has 0 bridgehead atoms. The first kappa shape index (κ1) is 44.9. The molecule has 20 heteroatoms. The lowest BCUT2D eigenvalue weighted by Crippen LogP contribution is -2.07. The summed E-state index contributed by atoms with van der Waals surface area (Å²) in [6.07, 6.45) is 0. The molecule has 0 amide bonds. The van der Waals surface area contributed by atoms with Crippen molar-refractivity contribution < 1.29 is 43.9 Å². The van der Waals surface area contributed by atoms with Gasteiger partial charge >= 0.3 is 0 Å². The first-order chi connectivity index (χ1) is 33.4. The third kappa shape index (κ3) is 6.41. The Morgan fingerprint density at radius 3 is 0.757 bits per heavy atom. The third-order valence-corrected chi connectivity index (χ3v) is 15.1. The Morgan fingerprint density at radius 1 is 0.286 bits per heavy atom. The molecule has 0 radical (unpaired) electrons. The molecule has 11 aromatic rings. The van der Waals surface area contributed by atoms with Gasteiger partial charge in [-0.25, -0.2) is 53.9 Å². The quantitative estimate of drug-likeness (QED) is 0.0865. The van der Waals surface area contributed by atoms with Crippen LogP contribution < -0.4 is 0 Å². The maximum absolute atomic E-state index is 14.8. The van der Waals surface area contributed by atoms with Crippen molar-refractivity contribution in [2.45, 2.75) is 0 Å². The molecule has 0 saturated carbocycles. The molecule has 3 aromatic carbocycles. The highest BCUT2D eigenvalue weighted by Gasteiger charge is 2.31. The monoisotopic (exact) mass is 998 g/mol. The van der Waals surface area contributed by atoms with E-state index >= 15 is 0 Å². The Balaban J connectivity index is 0.856. The molecule has 0 aliphatic heterocycles. The summed E-state index contributed by atoms with van der Waals surface area (Å²) in [7, 11) is 10.4. The molecule has 0 unspecified atom stereocenters. The number of fused-ring (bicyclic) bond motifs is 2. The van der Waals surface area contributed by atoms with E-state index in [4.69, 9.17) is 9.97 Å². The van der Waals surface area contributed by atoms with E-state index in [0.29, 0.717) is 22.8 Å². The van der Waals surface area contributed by atoms with Crippen molar-refractivity contribution in [1.82, 2.24) is 37.4 Å². The molecule has 0 aliphatic rings. The number of thiazole rings is 2. The molecule has 0 atom stereocenters. The van der Waals surface area contributed by atoms with Gasteiger partial charge in [-0.2, -0.15) is 0 Å². The van der Waals surface area contributed by atoms with Crippen molar-refractivity contribution in [2.24, 2.45) is 42.3 Å². The lowest BCUT2D eigenvalue weighted by atomic mass is 10.1. The van der Waals surface area contributed by atoms with Gasteiger partial charge in [0.2, 0.25) is 11.6 Å². The van der Waals surface area contributed by atoms with Gasteiger partial charge in [0, 0.05) is 42.3 Å². The molecule has 0 saturated heterocycles. The first-order valence-corrected chi connectivity index (χ1v) is 22.7. The van der Waals surface area contributed by atoms with Gasteiger partial charge in [-0.3, -0.25) is 0 Å². The van der Waals surface area contributed by atoms with Crippen LogP contribution >= 0.6 is 22.7 Å². The second-order valence-electron chi connectivity index (χ2n) is 16.7. The zero-order valence-corrected chi connectivity index (χ0v) is 38.9. The van der Waals surface area contributed by atoms with E-state index in [1.54, 1.807) is 12.1 Å². The molecule has 8 nitrogen and oxygen atoms in total. The summed E-state index contributed by atoms with van der Waals surface area (Å²) >= 11 is 3.01. The number of hydrogen-bond donors (Lipinski definition) is 0. The van der Waals surface area contributed by atoms with Gasteiger partial charge in [-0.15, -0.1) is 22.7 Å². The SMILES string of the molecule is Cn1c(-c2nc3cc4sc(-c5ccc(-c6ccc(-c7ccc(-c8c(F)c(F)c(F)c(F)c8F)n7C)n6C)n5C)nc4cc3s2)ccc1-c1ccc(-c2ccc(-c3c(F)c(F)c(F)c(F)c3F)n2C)n1C. The topological polar surface area (TPSA) is 55.4 Å². The summed E-state index contributed by atoms with van der Waals surface area (Å²) < 4.78 is 156. The zero-order chi connectivity index (χ0) is 49.5. The van der Waals surface area contributed by atoms with Gasteiger partial charge in [0.25, 0.3) is 0 Å². The summed E-state index contributed by atoms with van der Waals surface area (Å²) in [4.78, 5) is 10.0. The molecule has 354 valence electrons. The van der Waals surface area contributed by atoms with Gasteiger partial charge in [0.05, 0.1) is 99.9 Å². The summed E-state index contributed by atoms with van der Waals surface area (Å²) in [5, 5.41) is 1.54. The lowest BCUT2D eigenvalue weighted by Gasteiger charge is -2.13. The van der Waals surface area contributed by atoms with Crippen LogP contribution in [0.3, 0.4) is 0 Å². The molecule has 0 spiro atoms. The van der Waals surface area contributed by atoms with E-state index in [2.05, 4.69) is 0 Å². The van der Waals surface area contributed by atoms with Crippen LogP contribution in [-0.2, 0) is 42.3 Å². The van der Waals surface area contributed by atoms with Crippen molar-refractivity contribution in [3.05, 3.63) is 143 Å². The maximum Gasteiger partial charge on any atom is 0.200 e. The number of benzene rings is 3. The van der Waals surface area contributed by atoms with Gasteiger partial charge < -0.3 is 27.4 Å². The average molecular weight is 999 g/mol. The summed E-state index contributed by atoms with van der Waals surface area (Å²) in [6, 6.07) is 25.0. The highest BCUT2D eigenvalue weighted by Crippen LogP contribution is 2.42. The Labute approximate surface area is 397 Å². The molecule has 70 heavy (non-hydrogen) atoms. The van der Waals surface area contributed by atoms with E-state index in [1.165, 1.54) is 58.0 Å². The van der Waals surface area contributed by atoms with Gasteiger partial charge in [0.15, 0.2) is 46.5 Å². The number of nitrogens with zero attached hydrogens (tertiary/aromatic N) is 8. The molecule has 11 rings (SSSR count). The standard InChI is InChI=1S/C50H32F10N8S2/c1-63-23(27-11-15-31(65(27)3)37-39(51)43(55)47(59)44(56)40(37)52)7-9-25(63)29-13-17-33(67(29)5)49-61-21-19-36-22(20-35(21)69-49)62-50(70-36)34-18-14-30(68(34)6)26-10-8-24(64(26)2)28-12-16-32(66(28)4)38-41(53)45(57)48(60)46(58)42(38)54/h7-20H,1-6H3. The lowest BCUT2D eigenvalue weighted by molar-refractivity contribution is 0.381. The molecular formula is C50H32F10N8S2. The fraction of sp³-hybridized carbons (Fsp3) is 0.120. The molecule has 0 fully saturated rings. The summed E-state index contributed by atoms with van der Waals surface area (Å²) in [6.45, 7) is 0. The molecule has 0 aliphatic carbocycles. The Hall–Kier alpha value is -7.58. The fourth-order valence-corrected chi connectivity index (χ4v) is 11.4. The van der Waals surface area contributed by atoms with Crippen LogP contribution in [0.5, 0.6) is 0 Å². The van der Waals surface area contributed by atoms with Crippen molar-refractivity contribution in [1.29, 1.82) is 0 Å². The Bertz CT molecular complexity index is 3640. The van der Waals surface area contributed by atoms with E-state index in [0.717, 1.165) is 64.6 Å². The predicted octanol–water partition coefficient (Wildman–Crippen LogP) is 13.7. The van der Waals surface area contributed by atoms with Crippen molar-refractivity contribution in [3.8, 4) is 89.5 Å². The van der Waals surface area contributed by atoms with Gasteiger partial charge in [-0.1, -0.05) is 0 Å². The highest BCUT2D eigenvalue weighted by molar-refractivity contribution is 7.23. The number of aromatic nitrogens is 8. The molecular weight excluding hydrogens is 967 g/mol. The van der Waals surface area contributed by atoms with Crippen LogP contribution in [0.15, 0.2) is 84.9 Å². The van der Waals surface area contributed by atoms with Gasteiger partial charge in [0.1, 0.15) is 10.0 Å². The summed E-state index contributed by atoms with van der Waals surface area (Å²) in [5.41, 5.74) is 6.34. The van der Waals surface area contributed by atoms with Crippen molar-refractivity contribution in [3.63, 3.8) is 0 Å².